The average Bonchev–Trinajstić information content (AvgIpc) is 2.58. The van der Waals surface area contributed by atoms with Crippen LogP contribution in [0.15, 0.2) is 18.5 Å². The Morgan fingerprint density at radius 2 is 2.08 bits per heavy atom. The number of aromatic nitrogens is 1. The van der Waals surface area contributed by atoms with Gasteiger partial charge in [-0.3, -0.25) is 4.79 Å². The summed E-state index contributed by atoms with van der Waals surface area (Å²) in [5.74, 6) is 1.05. The summed E-state index contributed by atoms with van der Waals surface area (Å²) in [6.07, 6.45) is 7.62. The normalized spacial score (nSPS) is 19.8. The standard InChI is InChI=1S/C10H13NO/c12-10-3-1-8(2-4-10)9-5-6-11-7-9/h5-8,11H,1-4H2. The largest absolute Gasteiger partial charge is 0.367 e. The van der Waals surface area contributed by atoms with Crippen molar-refractivity contribution in [3.05, 3.63) is 24.0 Å². The first-order chi connectivity index (χ1) is 5.86. The first-order valence-electron chi connectivity index (χ1n) is 4.50. The zero-order valence-electron chi connectivity index (χ0n) is 7.05. The topological polar surface area (TPSA) is 32.9 Å². The van der Waals surface area contributed by atoms with Crippen molar-refractivity contribution in [1.29, 1.82) is 0 Å². The van der Waals surface area contributed by atoms with Crippen LogP contribution in [0.4, 0.5) is 0 Å². The van der Waals surface area contributed by atoms with Crippen LogP contribution in [0.25, 0.3) is 0 Å². The van der Waals surface area contributed by atoms with Gasteiger partial charge in [-0.25, -0.2) is 0 Å². The van der Waals surface area contributed by atoms with Crippen LogP contribution in [0.1, 0.15) is 37.2 Å². The van der Waals surface area contributed by atoms with Gasteiger partial charge in [0, 0.05) is 25.2 Å². The van der Waals surface area contributed by atoms with Crippen molar-refractivity contribution in [3.63, 3.8) is 0 Å². The van der Waals surface area contributed by atoms with E-state index in [9.17, 15) is 4.79 Å². The molecule has 1 N–H and O–H groups in total. The Morgan fingerprint density at radius 3 is 2.67 bits per heavy atom. The molecule has 1 aliphatic carbocycles. The number of hydrogen-bond acceptors (Lipinski definition) is 1. The molecule has 0 unspecified atom stereocenters. The molecule has 12 heavy (non-hydrogen) atoms. The molecular formula is C10H13NO. The minimum atomic E-state index is 0.432. The van der Waals surface area contributed by atoms with Gasteiger partial charge in [-0.2, -0.15) is 0 Å². The van der Waals surface area contributed by atoms with Gasteiger partial charge in [-0.15, -0.1) is 0 Å². The van der Waals surface area contributed by atoms with Gasteiger partial charge in [-0.1, -0.05) is 0 Å². The van der Waals surface area contributed by atoms with Crippen molar-refractivity contribution in [2.75, 3.05) is 0 Å². The average molecular weight is 163 g/mol. The van der Waals surface area contributed by atoms with Crippen LogP contribution in [0.2, 0.25) is 0 Å². The molecule has 0 atom stereocenters. The molecule has 0 aliphatic heterocycles. The third-order valence-corrected chi connectivity index (χ3v) is 2.64. The van der Waals surface area contributed by atoms with Gasteiger partial charge in [0.25, 0.3) is 0 Å². The van der Waals surface area contributed by atoms with E-state index in [4.69, 9.17) is 0 Å². The second kappa shape index (κ2) is 3.13. The molecule has 1 fully saturated rings. The van der Waals surface area contributed by atoms with Gasteiger partial charge in [0.05, 0.1) is 0 Å². The van der Waals surface area contributed by atoms with E-state index in [0.717, 1.165) is 25.7 Å². The molecule has 64 valence electrons. The number of hydrogen-bond donors (Lipinski definition) is 1. The van der Waals surface area contributed by atoms with Crippen molar-refractivity contribution in [2.45, 2.75) is 31.6 Å². The number of carbonyl (C=O) groups excluding carboxylic acids is 1. The maximum Gasteiger partial charge on any atom is 0.132 e. The van der Waals surface area contributed by atoms with Crippen LogP contribution >= 0.6 is 0 Å². The molecular weight excluding hydrogens is 150 g/mol. The third-order valence-electron chi connectivity index (χ3n) is 2.64. The van der Waals surface area contributed by atoms with Crippen LogP contribution < -0.4 is 0 Å². The van der Waals surface area contributed by atoms with Gasteiger partial charge >= 0.3 is 0 Å². The number of H-pyrrole nitrogens is 1. The quantitative estimate of drug-likeness (QED) is 0.676. The molecule has 1 aromatic rings. The van der Waals surface area contributed by atoms with Crippen LogP contribution in [-0.2, 0) is 4.79 Å². The smallest absolute Gasteiger partial charge is 0.132 e. The van der Waals surface area contributed by atoms with Crippen LogP contribution in [-0.4, -0.2) is 10.8 Å². The lowest BCUT2D eigenvalue weighted by molar-refractivity contribution is -0.120. The van der Waals surface area contributed by atoms with E-state index >= 15 is 0 Å². The number of nitrogens with one attached hydrogen (secondary N) is 1. The lowest BCUT2D eigenvalue weighted by Gasteiger charge is -2.19. The predicted molar refractivity (Wildman–Crippen MR) is 47.0 cm³/mol. The molecule has 0 amide bonds. The fraction of sp³-hybridized carbons (Fsp3) is 0.500. The minimum absolute atomic E-state index is 0.432. The van der Waals surface area contributed by atoms with Crippen molar-refractivity contribution >= 4 is 5.78 Å². The first-order valence-corrected chi connectivity index (χ1v) is 4.50. The minimum Gasteiger partial charge on any atom is -0.367 e. The van der Waals surface area contributed by atoms with Crippen LogP contribution in [0.3, 0.4) is 0 Å². The molecule has 1 aliphatic rings. The van der Waals surface area contributed by atoms with Crippen molar-refractivity contribution in [2.24, 2.45) is 0 Å². The summed E-state index contributed by atoms with van der Waals surface area (Å²) >= 11 is 0. The Labute approximate surface area is 72.0 Å². The number of rotatable bonds is 1. The zero-order valence-corrected chi connectivity index (χ0v) is 7.05. The summed E-state index contributed by atoms with van der Waals surface area (Å²) in [6, 6.07) is 2.11. The van der Waals surface area contributed by atoms with Crippen molar-refractivity contribution in [1.82, 2.24) is 4.98 Å². The highest BCUT2D eigenvalue weighted by atomic mass is 16.1. The highest BCUT2D eigenvalue weighted by molar-refractivity contribution is 5.79. The highest BCUT2D eigenvalue weighted by Gasteiger charge is 2.19. The molecule has 2 nitrogen and oxygen atoms in total. The monoisotopic (exact) mass is 163 g/mol. The number of aromatic amines is 1. The van der Waals surface area contributed by atoms with E-state index in [-0.39, 0.29) is 0 Å². The van der Waals surface area contributed by atoms with Crippen LogP contribution in [0, 0.1) is 0 Å². The SMILES string of the molecule is O=C1CCC(c2cc[nH]c2)CC1. The molecule has 0 radical (unpaired) electrons. The lowest BCUT2D eigenvalue weighted by Crippen LogP contribution is -2.11. The first kappa shape index (κ1) is 7.59. The summed E-state index contributed by atoms with van der Waals surface area (Å²) < 4.78 is 0. The predicted octanol–water partition coefficient (Wildman–Crippen LogP) is 2.24. The van der Waals surface area contributed by atoms with Gasteiger partial charge in [0.15, 0.2) is 0 Å². The Hall–Kier alpha value is -1.05. The molecule has 0 bridgehead atoms. The Morgan fingerprint density at radius 1 is 1.33 bits per heavy atom. The number of ketones is 1. The molecule has 1 saturated carbocycles. The lowest BCUT2D eigenvalue weighted by atomic mass is 9.85. The van der Waals surface area contributed by atoms with E-state index in [0.29, 0.717) is 11.7 Å². The van der Waals surface area contributed by atoms with E-state index < -0.39 is 0 Å². The molecule has 0 aromatic carbocycles. The third kappa shape index (κ3) is 1.42. The van der Waals surface area contributed by atoms with Gasteiger partial charge in [0.2, 0.25) is 0 Å². The van der Waals surface area contributed by atoms with E-state index in [1.807, 2.05) is 12.4 Å². The van der Waals surface area contributed by atoms with Gasteiger partial charge in [-0.05, 0) is 30.4 Å². The summed E-state index contributed by atoms with van der Waals surface area (Å²) in [4.78, 5) is 14.0. The summed E-state index contributed by atoms with van der Waals surface area (Å²) in [5.41, 5.74) is 1.36. The summed E-state index contributed by atoms with van der Waals surface area (Å²) in [5, 5.41) is 0. The van der Waals surface area contributed by atoms with Crippen molar-refractivity contribution < 1.29 is 4.79 Å². The van der Waals surface area contributed by atoms with Gasteiger partial charge in [0.1, 0.15) is 5.78 Å². The summed E-state index contributed by atoms with van der Waals surface area (Å²) in [6.45, 7) is 0. The number of carbonyl (C=O) groups is 1. The highest BCUT2D eigenvalue weighted by Crippen LogP contribution is 2.30. The second-order valence-corrected chi connectivity index (χ2v) is 3.46. The summed E-state index contributed by atoms with van der Waals surface area (Å²) in [7, 11) is 0. The molecule has 2 rings (SSSR count). The van der Waals surface area contributed by atoms with Crippen molar-refractivity contribution in [3.8, 4) is 0 Å². The maximum atomic E-state index is 11.0. The number of Topliss-reactive ketones (excluding diaryl/α,β-unsaturated/α-hetero) is 1. The second-order valence-electron chi connectivity index (χ2n) is 3.46. The van der Waals surface area contributed by atoms with E-state index in [1.54, 1.807) is 0 Å². The maximum absolute atomic E-state index is 11.0. The van der Waals surface area contributed by atoms with E-state index in [1.165, 1.54) is 5.56 Å². The van der Waals surface area contributed by atoms with Gasteiger partial charge < -0.3 is 4.98 Å². The molecule has 0 saturated heterocycles. The Kier molecular flexibility index (Phi) is 1.98. The molecule has 1 aromatic heterocycles. The fourth-order valence-electron chi connectivity index (χ4n) is 1.86. The Bertz CT molecular complexity index is 253. The fourth-order valence-corrected chi connectivity index (χ4v) is 1.86. The van der Waals surface area contributed by atoms with Crippen LogP contribution in [0.5, 0.6) is 0 Å². The Balaban J connectivity index is 2.03. The molecule has 0 spiro atoms. The molecule has 2 heteroatoms. The zero-order chi connectivity index (χ0) is 8.39. The van der Waals surface area contributed by atoms with E-state index in [2.05, 4.69) is 11.1 Å². The molecule has 1 heterocycles.